The van der Waals surface area contributed by atoms with E-state index in [9.17, 15) is 49.9 Å². The van der Waals surface area contributed by atoms with Crippen LogP contribution < -0.4 is 0 Å². The molecule has 3 fully saturated rings. The molecule has 8 unspecified atom stereocenters. The molecule has 3 rings (SSSR count). The zero-order valence-corrected chi connectivity index (χ0v) is 20.1. The van der Waals surface area contributed by atoms with Gasteiger partial charge in [0.05, 0.1) is 12.2 Å². The van der Waals surface area contributed by atoms with Crippen molar-refractivity contribution < 1.29 is 88.2 Å². The number of ether oxygens (including phenoxy) is 5. The molecule has 3 heterocycles. The topological polar surface area (TPSA) is 281 Å². The fourth-order valence-electron chi connectivity index (χ4n) is 4.24. The lowest BCUT2D eigenvalue weighted by Crippen LogP contribution is -2.66. The number of aliphatic hydroxyl groups is 7. The summed E-state index contributed by atoms with van der Waals surface area (Å²) in [6.07, 6.45) is -24.8. The second-order valence-electron chi connectivity index (χ2n) is 8.72. The zero-order valence-electron chi connectivity index (χ0n) is 19.3. The van der Waals surface area contributed by atoms with E-state index in [1.165, 1.54) is 13.8 Å². The number of carboxylic acid groups (broad SMARTS) is 1. The molecule has 0 aromatic carbocycles. The van der Waals surface area contributed by atoms with Crippen molar-refractivity contribution in [2.45, 2.75) is 105 Å². The Bertz CT molecular complexity index is 803. The standard InChI is InChI=1S/C18H30O18S/c1-3-5(19)11(32-17-10(24)8(22)14(4(2)31-17)37(29)36-35-28)13(16(27)30-3)34-18-9(23)6(20)7(21)12(33-18)15(25)26/h3-14,16-24,27-28H,1-2H3,(H,25,26)/t3?,4?,5-,6-,7+,8+,9?,10?,11-,12?,13?,14-,16?,17-,18-,37?/m0/s1. The number of rotatable bonds is 8. The van der Waals surface area contributed by atoms with Gasteiger partial charge in [-0.05, 0) is 13.8 Å². The van der Waals surface area contributed by atoms with Gasteiger partial charge in [0.15, 0.2) is 36.1 Å². The van der Waals surface area contributed by atoms with Crippen molar-refractivity contribution in [3.05, 3.63) is 0 Å². The molecule has 0 aromatic heterocycles. The van der Waals surface area contributed by atoms with E-state index in [4.69, 9.17) is 28.9 Å². The largest absolute Gasteiger partial charge is 0.479 e. The lowest BCUT2D eigenvalue weighted by atomic mass is 9.97. The Hall–Kier alpha value is -0.980. The van der Waals surface area contributed by atoms with Crippen molar-refractivity contribution in [3.63, 3.8) is 0 Å². The first-order chi connectivity index (χ1) is 17.3. The van der Waals surface area contributed by atoms with E-state index >= 15 is 0 Å². The first-order valence-corrected chi connectivity index (χ1v) is 12.1. The summed E-state index contributed by atoms with van der Waals surface area (Å²) in [6, 6.07) is 0. The summed E-state index contributed by atoms with van der Waals surface area (Å²) in [5.41, 5.74) is 0. The summed E-state index contributed by atoms with van der Waals surface area (Å²) in [5, 5.41) is 91.6. The van der Waals surface area contributed by atoms with Crippen LogP contribution in [0.1, 0.15) is 13.8 Å². The molecule has 9 N–H and O–H groups in total. The third-order valence-corrected chi connectivity index (χ3v) is 7.57. The predicted molar refractivity (Wildman–Crippen MR) is 110 cm³/mol. The maximum absolute atomic E-state index is 12.0. The van der Waals surface area contributed by atoms with E-state index in [-0.39, 0.29) is 0 Å². The Morgan fingerprint density at radius 1 is 0.730 bits per heavy atom. The van der Waals surface area contributed by atoms with Crippen LogP contribution in [0.3, 0.4) is 0 Å². The molecule has 3 aliphatic rings. The highest BCUT2D eigenvalue weighted by Gasteiger charge is 2.54. The van der Waals surface area contributed by atoms with Gasteiger partial charge in [-0.1, -0.05) is 5.04 Å². The summed E-state index contributed by atoms with van der Waals surface area (Å²) in [6.45, 7) is 2.65. The van der Waals surface area contributed by atoms with E-state index in [0.717, 1.165) is 0 Å². The lowest BCUT2D eigenvalue weighted by Gasteiger charge is -2.47. The van der Waals surface area contributed by atoms with Crippen LogP contribution in [0.2, 0.25) is 0 Å². The van der Waals surface area contributed by atoms with Crippen LogP contribution in [-0.4, -0.2) is 148 Å². The molecular formula is C18H30O18S. The number of hydrogen-bond acceptors (Lipinski definition) is 17. The van der Waals surface area contributed by atoms with E-state index in [2.05, 4.69) is 9.37 Å². The van der Waals surface area contributed by atoms with Gasteiger partial charge in [-0.25, -0.2) is 14.3 Å². The molecule has 19 heteroatoms. The van der Waals surface area contributed by atoms with Crippen LogP contribution >= 0.6 is 0 Å². The molecule has 3 aliphatic heterocycles. The van der Waals surface area contributed by atoms with E-state index in [0.29, 0.717) is 0 Å². The van der Waals surface area contributed by atoms with Crippen molar-refractivity contribution in [2.75, 3.05) is 0 Å². The molecule has 0 saturated carbocycles. The molecule has 0 bridgehead atoms. The molecule has 16 atom stereocenters. The molecule has 0 amide bonds. The van der Waals surface area contributed by atoms with Crippen LogP contribution in [0.4, 0.5) is 0 Å². The predicted octanol–water partition coefficient (Wildman–Crippen LogP) is -5.33. The first kappa shape index (κ1) is 30.6. The van der Waals surface area contributed by atoms with Crippen molar-refractivity contribution in [1.29, 1.82) is 0 Å². The average molecular weight is 566 g/mol. The molecule has 216 valence electrons. The number of hydrogen-bond donors (Lipinski definition) is 9. The van der Waals surface area contributed by atoms with Crippen molar-refractivity contribution in [1.82, 2.24) is 0 Å². The van der Waals surface area contributed by atoms with Gasteiger partial charge in [0.25, 0.3) is 0 Å². The SMILES string of the molecule is CC1OC(O)C(O[C@@H]2OC(C(=O)O)[C@H](O)[C@H](O)C2O)[C@@H](O[C@@H]2OC(C)[C@H](S(=O)OOO)[C@H](O)C2O)[C@H]1O. The van der Waals surface area contributed by atoms with Gasteiger partial charge in [0.2, 0.25) is 0 Å². The monoisotopic (exact) mass is 566 g/mol. The van der Waals surface area contributed by atoms with Crippen molar-refractivity contribution in [2.24, 2.45) is 0 Å². The molecule has 0 radical (unpaired) electrons. The van der Waals surface area contributed by atoms with Gasteiger partial charge in [0, 0.05) is 0 Å². The van der Waals surface area contributed by atoms with Crippen LogP contribution in [0.5, 0.6) is 0 Å². The van der Waals surface area contributed by atoms with Gasteiger partial charge >= 0.3 is 5.97 Å². The summed E-state index contributed by atoms with van der Waals surface area (Å²) in [5.74, 6) is -1.70. The van der Waals surface area contributed by atoms with Gasteiger partial charge in [-0.3, -0.25) is 0 Å². The Morgan fingerprint density at radius 3 is 1.89 bits per heavy atom. The first-order valence-electron chi connectivity index (χ1n) is 11.0. The minimum Gasteiger partial charge on any atom is -0.479 e. The summed E-state index contributed by atoms with van der Waals surface area (Å²) in [4.78, 5) is 11.4. The van der Waals surface area contributed by atoms with Gasteiger partial charge in [-0.2, -0.15) is 0 Å². The summed E-state index contributed by atoms with van der Waals surface area (Å²) < 4.78 is 42.7. The maximum atomic E-state index is 12.0. The van der Waals surface area contributed by atoms with Crippen LogP contribution in [-0.2, 0) is 48.9 Å². The Morgan fingerprint density at radius 2 is 1.30 bits per heavy atom. The van der Waals surface area contributed by atoms with Crippen molar-refractivity contribution in [3.8, 4) is 0 Å². The molecular weight excluding hydrogens is 536 g/mol. The highest BCUT2D eigenvalue weighted by atomic mass is 32.2. The number of aliphatic hydroxyl groups excluding tert-OH is 7. The average Bonchev–Trinajstić information content (AvgIpc) is 2.82. The van der Waals surface area contributed by atoms with E-state index in [1.807, 2.05) is 0 Å². The Balaban J connectivity index is 1.81. The van der Waals surface area contributed by atoms with Crippen LogP contribution in [0.15, 0.2) is 0 Å². The minimum atomic E-state index is -2.49. The Kier molecular flexibility index (Phi) is 10.3. The molecule has 0 spiro atoms. The highest BCUT2D eigenvalue weighted by molar-refractivity contribution is 7.80. The second-order valence-corrected chi connectivity index (χ2v) is 9.92. The molecule has 0 aromatic rings. The van der Waals surface area contributed by atoms with E-state index in [1.54, 1.807) is 0 Å². The normalized spacial score (nSPS) is 49.9. The molecule has 18 nitrogen and oxygen atoms in total. The smallest absolute Gasteiger partial charge is 0.335 e. The van der Waals surface area contributed by atoms with E-state index < -0.39 is 108 Å². The zero-order chi connectivity index (χ0) is 27.8. The van der Waals surface area contributed by atoms with Crippen molar-refractivity contribution >= 4 is 17.0 Å². The third-order valence-electron chi connectivity index (χ3n) is 6.27. The number of aliphatic carboxylic acids is 1. The molecule has 3 saturated heterocycles. The second kappa shape index (κ2) is 12.5. The fourth-order valence-corrected chi connectivity index (χ4v) is 5.16. The fraction of sp³-hybridized carbons (Fsp3) is 0.944. The maximum Gasteiger partial charge on any atom is 0.335 e. The number of carbonyl (C=O) groups is 1. The summed E-state index contributed by atoms with van der Waals surface area (Å²) >= 11 is -2.49. The number of carboxylic acids is 1. The van der Waals surface area contributed by atoms with Gasteiger partial charge < -0.3 is 64.5 Å². The third kappa shape index (κ3) is 6.27. The van der Waals surface area contributed by atoms with Crippen LogP contribution in [0.25, 0.3) is 0 Å². The Labute approximate surface area is 210 Å². The summed E-state index contributed by atoms with van der Waals surface area (Å²) in [7, 11) is 0. The minimum absolute atomic E-state index is 1.10. The molecule has 37 heavy (non-hydrogen) atoms. The lowest BCUT2D eigenvalue weighted by molar-refractivity contribution is -0.435. The molecule has 0 aliphatic carbocycles. The van der Waals surface area contributed by atoms with Gasteiger partial charge in [-0.15, -0.1) is 4.33 Å². The highest BCUT2D eigenvalue weighted by Crippen LogP contribution is 2.33. The van der Waals surface area contributed by atoms with Crippen LogP contribution in [0, 0.1) is 0 Å². The van der Waals surface area contributed by atoms with Gasteiger partial charge in [0.1, 0.15) is 54.1 Å². The quantitative estimate of drug-likeness (QED) is 0.0979.